The lowest BCUT2D eigenvalue weighted by Crippen LogP contribution is -2.42. The Morgan fingerprint density at radius 3 is 2.24 bits per heavy atom. The van der Waals surface area contributed by atoms with Crippen LogP contribution in [0.1, 0.15) is 27.1 Å². The molecule has 1 saturated heterocycles. The van der Waals surface area contributed by atoms with Crippen LogP contribution in [-0.2, 0) is 19.1 Å². The Balaban J connectivity index is 1.46. The van der Waals surface area contributed by atoms with Crippen molar-refractivity contribution in [2.75, 3.05) is 39.5 Å². The minimum Gasteiger partial charge on any atom is -0.456 e. The van der Waals surface area contributed by atoms with Gasteiger partial charge in [-0.2, -0.15) is 0 Å². The number of ether oxygens (including phenoxy) is 2. The maximum atomic E-state index is 12.2. The van der Waals surface area contributed by atoms with Gasteiger partial charge in [0.05, 0.1) is 30.8 Å². The molecule has 0 bridgehead atoms. The Morgan fingerprint density at radius 2 is 1.64 bits per heavy atom. The van der Waals surface area contributed by atoms with E-state index in [1.165, 1.54) is 0 Å². The van der Waals surface area contributed by atoms with Gasteiger partial charge in [-0.15, -0.1) is 0 Å². The molecule has 1 aromatic carbocycles. The standard InChI is InChI=1S/C17H18N2O6/c20-14(18-7-9-24-10-8-18)11-25-15(21)5-6-19-16(22)12-3-1-2-4-13(12)17(19)23/h1-4H,5-11H2. The zero-order chi connectivity index (χ0) is 17.8. The molecular formula is C17H18N2O6. The van der Waals surface area contributed by atoms with E-state index in [0.29, 0.717) is 37.4 Å². The molecule has 2 heterocycles. The predicted molar refractivity (Wildman–Crippen MR) is 84.8 cm³/mol. The van der Waals surface area contributed by atoms with Crippen LogP contribution in [0.15, 0.2) is 24.3 Å². The molecule has 132 valence electrons. The van der Waals surface area contributed by atoms with Crippen LogP contribution in [0.25, 0.3) is 0 Å². The SMILES string of the molecule is O=C(CCN1C(=O)c2ccccc2C1=O)OCC(=O)N1CCOCC1. The Bertz CT molecular complexity index is 676. The second kappa shape index (κ2) is 7.43. The van der Waals surface area contributed by atoms with Gasteiger partial charge in [0, 0.05) is 19.6 Å². The van der Waals surface area contributed by atoms with Crippen LogP contribution in [0, 0.1) is 0 Å². The Hall–Kier alpha value is -2.74. The van der Waals surface area contributed by atoms with Gasteiger partial charge in [-0.3, -0.25) is 24.1 Å². The number of amides is 3. The van der Waals surface area contributed by atoms with E-state index >= 15 is 0 Å². The van der Waals surface area contributed by atoms with Gasteiger partial charge in [0.15, 0.2) is 6.61 Å². The van der Waals surface area contributed by atoms with Gasteiger partial charge in [-0.25, -0.2) is 0 Å². The topological polar surface area (TPSA) is 93.2 Å². The molecule has 0 N–H and O–H groups in total. The minimum absolute atomic E-state index is 0.0725. The summed E-state index contributed by atoms with van der Waals surface area (Å²) in [4.78, 5) is 50.6. The smallest absolute Gasteiger partial charge is 0.308 e. The molecule has 3 rings (SSSR count). The van der Waals surface area contributed by atoms with E-state index in [9.17, 15) is 19.2 Å². The second-order valence-corrected chi connectivity index (χ2v) is 5.71. The highest BCUT2D eigenvalue weighted by Crippen LogP contribution is 2.22. The Kier molecular flexibility index (Phi) is 5.08. The van der Waals surface area contributed by atoms with Crippen LogP contribution in [0.2, 0.25) is 0 Å². The quantitative estimate of drug-likeness (QED) is 0.553. The van der Waals surface area contributed by atoms with Crippen molar-refractivity contribution in [2.24, 2.45) is 0 Å². The van der Waals surface area contributed by atoms with Gasteiger partial charge >= 0.3 is 5.97 Å². The summed E-state index contributed by atoms with van der Waals surface area (Å²) in [6.45, 7) is 1.48. The molecule has 0 aliphatic carbocycles. The number of imide groups is 1. The highest BCUT2D eigenvalue weighted by Gasteiger charge is 2.35. The van der Waals surface area contributed by atoms with E-state index in [0.717, 1.165) is 4.90 Å². The van der Waals surface area contributed by atoms with Gasteiger partial charge in [0.1, 0.15) is 0 Å². The number of nitrogens with zero attached hydrogens (tertiary/aromatic N) is 2. The third kappa shape index (κ3) is 3.69. The zero-order valence-electron chi connectivity index (χ0n) is 13.6. The van der Waals surface area contributed by atoms with Crippen LogP contribution in [0.4, 0.5) is 0 Å². The maximum absolute atomic E-state index is 12.2. The Morgan fingerprint density at radius 1 is 1.04 bits per heavy atom. The molecule has 1 fully saturated rings. The first-order valence-corrected chi connectivity index (χ1v) is 8.04. The lowest BCUT2D eigenvalue weighted by molar-refractivity contribution is -0.153. The first-order valence-electron chi connectivity index (χ1n) is 8.04. The molecule has 1 aromatic rings. The summed E-state index contributed by atoms with van der Waals surface area (Å²) in [6, 6.07) is 6.52. The molecule has 0 radical (unpaired) electrons. The summed E-state index contributed by atoms with van der Waals surface area (Å²) in [5.74, 6) is -1.74. The van der Waals surface area contributed by atoms with E-state index in [1.807, 2.05) is 0 Å². The van der Waals surface area contributed by atoms with Gasteiger partial charge in [-0.05, 0) is 12.1 Å². The largest absolute Gasteiger partial charge is 0.456 e. The van der Waals surface area contributed by atoms with E-state index in [4.69, 9.17) is 9.47 Å². The van der Waals surface area contributed by atoms with E-state index in [2.05, 4.69) is 0 Å². The molecule has 0 aromatic heterocycles. The third-order valence-corrected chi connectivity index (χ3v) is 4.14. The summed E-state index contributed by atoms with van der Waals surface area (Å²) >= 11 is 0. The highest BCUT2D eigenvalue weighted by molar-refractivity contribution is 6.21. The number of benzene rings is 1. The molecule has 25 heavy (non-hydrogen) atoms. The van der Waals surface area contributed by atoms with Crippen LogP contribution in [0.5, 0.6) is 0 Å². The van der Waals surface area contributed by atoms with Crippen molar-refractivity contribution in [1.29, 1.82) is 0 Å². The summed E-state index contributed by atoms with van der Waals surface area (Å²) < 4.78 is 10.1. The Labute approximate surface area is 144 Å². The van der Waals surface area contributed by atoms with Crippen LogP contribution >= 0.6 is 0 Å². The monoisotopic (exact) mass is 346 g/mol. The summed E-state index contributed by atoms with van der Waals surface area (Å²) in [5, 5.41) is 0. The molecule has 8 heteroatoms. The molecule has 0 saturated carbocycles. The number of morpholine rings is 1. The van der Waals surface area contributed by atoms with Crippen molar-refractivity contribution in [3.63, 3.8) is 0 Å². The highest BCUT2D eigenvalue weighted by atomic mass is 16.5. The number of carbonyl (C=O) groups excluding carboxylic acids is 4. The molecule has 2 aliphatic heterocycles. The van der Waals surface area contributed by atoms with E-state index in [-0.39, 0.29) is 25.5 Å². The molecule has 2 aliphatic rings. The van der Waals surface area contributed by atoms with E-state index in [1.54, 1.807) is 29.2 Å². The molecule has 0 unspecified atom stereocenters. The van der Waals surface area contributed by atoms with Crippen molar-refractivity contribution < 1.29 is 28.7 Å². The summed E-state index contributed by atoms with van der Waals surface area (Å²) in [6.07, 6.45) is -0.151. The fraction of sp³-hybridized carbons (Fsp3) is 0.412. The van der Waals surface area contributed by atoms with Crippen molar-refractivity contribution in [3.8, 4) is 0 Å². The normalized spacial score (nSPS) is 16.8. The predicted octanol–water partition coefficient (Wildman–Crippen LogP) is 0.0747. The first kappa shape index (κ1) is 17.1. The molecule has 8 nitrogen and oxygen atoms in total. The zero-order valence-corrected chi connectivity index (χ0v) is 13.6. The van der Waals surface area contributed by atoms with Crippen molar-refractivity contribution in [2.45, 2.75) is 6.42 Å². The maximum Gasteiger partial charge on any atom is 0.308 e. The second-order valence-electron chi connectivity index (χ2n) is 5.71. The van der Waals surface area contributed by atoms with Crippen LogP contribution in [0.3, 0.4) is 0 Å². The average molecular weight is 346 g/mol. The number of carbonyl (C=O) groups is 4. The summed E-state index contributed by atoms with van der Waals surface area (Å²) in [5.41, 5.74) is 0.673. The number of fused-ring (bicyclic) bond motifs is 1. The number of esters is 1. The molecule has 3 amide bonds. The lowest BCUT2D eigenvalue weighted by atomic mass is 10.1. The lowest BCUT2D eigenvalue weighted by Gasteiger charge is -2.26. The van der Waals surface area contributed by atoms with Gasteiger partial charge < -0.3 is 14.4 Å². The average Bonchev–Trinajstić information content (AvgIpc) is 2.89. The first-order chi connectivity index (χ1) is 12.1. The molecule has 0 spiro atoms. The van der Waals surface area contributed by atoms with E-state index < -0.39 is 17.8 Å². The fourth-order valence-corrected chi connectivity index (χ4v) is 2.76. The minimum atomic E-state index is -0.627. The van der Waals surface area contributed by atoms with Gasteiger partial charge in [0.25, 0.3) is 17.7 Å². The fourth-order valence-electron chi connectivity index (χ4n) is 2.76. The van der Waals surface area contributed by atoms with Crippen molar-refractivity contribution in [1.82, 2.24) is 9.80 Å². The summed E-state index contributed by atoms with van der Waals surface area (Å²) in [7, 11) is 0. The number of hydrogen-bond donors (Lipinski definition) is 0. The van der Waals surface area contributed by atoms with Gasteiger partial charge in [0.2, 0.25) is 0 Å². The van der Waals surface area contributed by atoms with Gasteiger partial charge in [-0.1, -0.05) is 12.1 Å². The van der Waals surface area contributed by atoms with Crippen molar-refractivity contribution >= 4 is 23.7 Å². The third-order valence-electron chi connectivity index (χ3n) is 4.14. The number of rotatable bonds is 5. The number of hydrogen-bond acceptors (Lipinski definition) is 6. The van der Waals surface area contributed by atoms with Crippen molar-refractivity contribution in [3.05, 3.63) is 35.4 Å². The molecular weight excluding hydrogens is 328 g/mol. The van der Waals surface area contributed by atoms with Crippen LogP contribution in [-0.4, -0.2) is 72.9 Å². The molecule has 0 atom stereocenters. The van der Waals surface area contributed by atoms with Crippen LogP contribution < -0.4 is 0 Å².